The number of hydrogen-bond donors (Lipinski definition) is 0. The Balaban J connectivity index is 1.79. The molecule has 4 aromatic rings. The molecule has 31 heavy (non-hydrogen) atoms. The fraction of sp³-hybridized carbons (Fsp3) is 0.400. The summed E-state index contributed by atoms with van der Waals surface area (Å²) >= 11 is 1.67. The standard InChI is InChI=1S/C25H31N5S/c1-6-7-11-29(5)15-19-9-8-10-20(12-19)23-13-21(24-16-31-18(4)27-24)22-14-26-30(17(2)3)25(22)28-23/h8-10,12-14,16-17H,6-7,11,15H2,1-5H3. The maximum atomic E-state index is 5.05. The minimum Gasteiger partial charge on any atom is -0.302 e. The van der Waals surface area contributed by atoms with E-state index in [-0.39, 0.29) is 6.04 Å². The maximum absolute atomic E-state index is 5.05. The van der Waals surface area contributed by atoms with Gasteiger partial charge in [-0.2, -0.15) is 5.10 Å². The number of pyridine rings is 1. The second-order valence-electron chi connectivity index (χ2n) is 8.52. The predicted molar refractivity (Wildman–Crippen MR) is 130 cm³/mol. The van der Waals surface area contributed by atoms with Gasteiger partial charge in [0.05, 0.1) is 22.6 Å². The minimum atomic E-state index is 0.240. The molecule has 0 N–H and O–H groups in total. The molecular weight excluding hydrogens is 402 g/mol. The molecule has 0 aliphatic rings. The summed E-state index contributed by atoms with van der Waals surface area (Å²) in [6.45, 7) is 10.6. The van der Waals surface area contributed by atoms with Crippen molar-refractivity contribution in [2.45, 2.75) is 53.1 Å². The van der Waals surface area contributed by atoms with Crippen LogP contribution in [0.3, 0.4) is 0 Å². The van der Waals surface area contributed by atoms with Crippen LogP contribution in [0.5, 0.6) is 0 Å². The van der Waals surface area contributed by atoms with Crippen LogP contribution >= 0.6 is 11.3 Å². The Labute approximate surface area is 188 Å². The zero-order valence-electron chi connectivity index (χ0n) is 19.1. The van der Waals surface area contributed by atoms with Crippen LogP contribution in [-0.2, 0) is 6.54 Å². The summed E-state index contributed by atoms with van der Waals surface area (Å²) in [5, 5.41) is 8.87. The average Bonchev–Trinajstić information content (AvgIpc) is 3.38. The predicted octanol–water partition coefficient (Wildman–Crippen LogP) is 6.34. The molecule has 0 saturated carbocycles. The molecule has 162 valence electrons. The molecule has 4 rings (SSSR count). The van der Waals surface area contributed by atoms with Gasteiger partial charge < -0.3 is 4.90 Å². The van der Waals surface area contributed by atoms with E-state index in [1.54, 1.807) is 11.3 Å². The molecule has 0 radical (unpaired) electrons. The summed E-state index contributed by atoms with van der Waals surface area (Å²) in [6, 6.07) is 11.2. The molecule has 6 heteroatoms. The largest absolute Gasteiger partial charge is 0.302 e. The smallest absolute Gasteiger partial charge is 0.159 e. The summed E-state index contributed by atoms with van der Waals surface area (Å²) in [5.41, 5.74) is 6.42. The summed E-state index contributed by atoms with van der Waals surface area (Å²) in [5.74, 6) is 0. The third-order valence-electron chi connectivity index (χ3n) is 5.52. The molecule has 0 aliphatic carbocycles. The Kier molecular flexibility index (Phi) is 6.49. The van der Waals surface area contributed by atoms with Gasteiger partial charge in [0.2, 0.25) is 0 Å². The van der Waals surface area contributed by atoms with Crippen molar-refractivity contribution in [3.8, 4) is 22.5 Å². The van der Waals surface area contributed by atoms with Crippen LogP contribution in [0.2, 0.25) is 0 Å². The lowest BCUT2D eigenvalue weighted by Crippen LogP contribution is -2.18. The van der Waals surface area contributed by atoms with Crippen molar-refractivity contribution in [2.24, 2.45) is 0 Å². The van der Waals surface area contributed by atoms with E-state index < -0.39 is 0 Å². The zero-order valence-corrected chi connectivity index (χ0v) is 19.9. The number of unbranched alkanes of at least 4 members (excludes halogenated alkanes) is 1. The molecule has 5 nitrogen and oxygen atoms in total. The third-order valence-corrected chi connectivity index (χ3v) is 6.29. The first-order valence-corrected chi connectivity index (χ1v) is 11.9. The number of aromatic nitrogens is 4. The van der Waals surface area contributed by atoms with Gasteiger partial charge in [0.1, 0.15) is 0 Å². The van der Waals surface area contributed by atoms with E-state index >= 15 is 0 Å². The Hall–Kier alpha value is -2.57. The normalized spacial score (nSPS) is 11.8. The minimum absolute atomic E-state index is 0.240. The monoisotopic (exact) mass is 433 g/mol. The molecule has 3 heterocycles. The van der Waals surface area contributed by atoms with Crippen molar-refractivity contribution < 1.29 is 0 Å². The van der Waals surface area contributed by atoms with Crippen molar-refractivity contribution in [3.05, 3.63) is 52.5 Å². The number of hydrogen-bond acceptors (Lipinski definition) is 5. The van der Waals surface area contributed by atoms with Gasteiger partial charge in [-0.15, -0.1) is 11.3 Å². The van der Waals surface area contributed by atoms with E-state index in [9.17, 15) is 0 Å². The summed E-state index contributed by atoms with van der Waals surface area (Å²) in [6.07, 6.45) is 4.37. The number of nitrogens with zero attached hydrogens (tertiary/aromatic N) is 5. The van der Waals surface area contributed by atoms with E-state index in [1.807, 2.05) is 17.8 Å². The van der Waals surface area contributed by atoms with Gasteiger partial charge in [0.15, 0.2) is 5.65 Å². The number of rotatable bonds is 8. The highest BCUT2D eigenvalue weighted by molar-refractivity contribution is 7.09. The molecule has 3 aromatic heterocycles. The van der Waals surface area contributed by atoms with Gasteiger partial charge in [0, 0.05) is 34.5 Å². The van der Waals surface area contributed by atoms with Crippen molar-refractivity contribution >= 4 is 22.4 Å². The van der Waals surface area contributed by atoms with Crippen LogP contribution in [-0.4, -0.2) is 38.2 Å². The average molecular weight is 434 g/mol. The highest BCUT2D eigenvalue weighted by Crippen LogP contribution is 2.33. The quantitative estimate of drug-likeness (QED) is 0.325. The molecule has 0 unspecified atom stereocenters. The first-order chi connectivity index (χ1) is 15.0. The van der Waals surface area contributed by atoms with Gasteiger partial charge in [-0.25, -0.2) is 14.6 Å². The van der Waals surface area contributed by atoms with Gasteiger partial charge in [-0.1, -0.05) is 31.5 Å². The molecule has 0 fully saturated rings. The molecule has 0 bridgehead atoms. The van der Waals surface area contributed by atoms with Gasteiger partial charge in [-0.3, -0.25) is 0 Å². The van der Waals surface area contributed by atoms with Crippen LogP contribution in [0, 0.1) is 6.92 Å². The number of fused-ring (bicyclic) bond motifs is 1. The summed E-state index contributed by atoms with van der Waals surface area (Å²) < 4.78 is 2.00. The summed E-state index contributed by atoms with van der Waals surface area (Å²) in [4.78, 5) is 12.2. The highest BCUT2D eigenvalue weighted by atomic mass is 32.1. The second kappa shape index (κ2) is 9.28. The van der Waals surface area contributed by atoms with E-state index in [0.29, 0.717) is 0 Å². The fourth-order valence-corrected chi connectivity index (χ4v) is 4.50. The van der Waals surface area contributed by atoms with Crippen LogP contribution in [0.1, 0.15) is 50.2 Å². The Morgan fingerprint density at radius 2 is 1.97 bits per heavy atom. The van der Waals surface area contributed by atoms with Crippen molar-refractivity contribution in [1.29, 1.82) is 0 Å². The van der Waals surface area contributed by atoms with E-state index in [2.05, 4.69) is 73.5 Å². The number of benzene rings is 1. The first kappa shape index (κ1) is 21.7. The maximum Gasteiger partial charge on any atom is 0.159 e. The fourth-order valence-electron chi connectivity index (χ4n) is 3.89. The highest BCUT2D eigenvalue weighted by Gasteiger charge is 2.17. The second-order valence-corrected chi connectivity index (χ2v) is 9.58. The lowest BCUT2D eigenvalue weighted by atomic mass is 10.0. The van der Waals surface area contributed by atoms with Crippen LogP contribution < -0.4 is 0 Å². The van der Waals surface area contributed by atoms with Crippen molar-refractivity contribution in [2.75, 3.05) is 13.6 Å². The summed E-state index contributed by atoms with van der Waals surface area (Å²) in [7, 11) is 2.19. The van der Waals surface area contributed by atoms with Gasteiger partial charge >= 0.3 is 0 Å². The molecule has 0 atom stereocenters. The molecule has 0 spiro atoms. The SMILES string of the molecule is CCCCN(C)Cc1cccc(-c2cc(-c3csc(C)n3)c3cnn(C(C)C)c3n2)c1. The van der Waals surface area contributed by atoms with Gasteiger partial charge in [0.25, 0.3) is 0 Å². The third kappa shape index (κ3) is 4.70. The lowest BCUT2D eigenvalue weighted by Gasteiger charge is -2.17. The molecule has 0 amide bonds. The Bertz CT molecular complexity index is 1170. The van der Waals surface area contributed by atoms with E-state index in [1.165, 1.54) is 18.4 Å². The van der Waals surface area contributed by atoms with Crippen molar-refractivity contribution in [3.63, 3.8) is 0 Å². The lowest BCUT2D eigenvalue weighted by molar-refractivity contribution is 0.321. The molecule has 0 aliphatic heterocycles. The molecular formula is C25H31N5S. The zero-order chi connectivity index (χ0) is 22.0. The first-order valence-electron chi connectivity index (χ1n) is 11.0. The van der Waals surface area contributed by atoms with Crippen molar-refractivity contribution in [1.82, 2.24) is 24.6 Å². The van der Waals surface area contributed by atoms with E-state index in [4.69, 9.17) is 9.97 Å². The number of aryl methyl sites for hydroxylation is 1. The molecule has 1 aromatic carbocycles. The van der Waals surface area contributed by atoms with Gasteiger partial charge in [-0.05, 0) is 58.5 Å². The Morgan fingerprint density at radius 3 is 2.68 bits per heavy atom. The van der Waals surface area contributed by atoms with Crippen LogP contribution in [0.25, 0.3) is 33.5 Å². The number of thiazole rings is 1. The van der Waals surface area contributed by atoms with Crippen LogP contribution in [0.4, 0.5) is 0 Å². The van der Waals surface area contributed by atoms with Crippen LogP contribution in [0.15, 0.2) is 41.9 Å². The topological polar surface area (TPSA) is 46.8 Å². The Morgan fingerprint density at radius 1 is 1.13 bits per heavy atom. The van der Waals surface area contributed by atoms with E-state index in [0.717, 1.165) is 51.6 Å². The molecule has 0 saturated heterocycles.